The van der Waals surface area contributed by atoms with Crippen LogP contribution >= 0.6 is 0 Å². The van der Waals surface area contributed by atoms with Gasteiger partial charge in [0.15, 0.2) is 17.3 Å². The average Bonchev–Trinajstić information content (AvgIpc) is 3.44. The van der Waals surface area contributed by atoms with E-state index in [9.17, 15) is 5.11 Å². The molecule has 0 aliphatic carbocycles. The van der Waals surface area contributed by atoms with Gasteiger partial charge in [0.1, 0.15) is 16.8 Å². The molecule has 36 heavy (non-hydrogen) atoms. The van der Waals surface area contributed by atoms with Crippen LogP contribution < -0.4 is 15.8 Å². The van der Waals surface area contributed by atoms with Crippen molar-refractivity contribution in [1.82, 2.24) is 30.2 Å². The Kier molecular flexibility index (Phi) is 6.35. The molecular weight excluding hydrogens is 458 g/mol. The monoisotopic (exact) mass is 487 g/mol. The van der Waals surface area contributed by atoms with Crippen LogP contribution in [0.3, 0.4) is 0 Å². The van der Waals surface area contributed by atoms with Gasteiger partial charge in [-0.25, -0.2) is 14.6 Å². The summed E-state index contributed by atoms with van der Waals surface area (Å²) in [5.41, 5.74) is 9.56. The van der Waals surface area contributed by atoms with Crippen LogP contribution in [0.4, 0.5) is 5.82 Å². The third kappa shape index (κ3) is 4.89. The van der Waals surface area contributed by atoms with E-state index in [2.05, 4.69) is 56.7 Å². The van der Waals surface area contributed by atoms with Crippen molar-refractivity contribution in [2.45, 2.75) is 58.3 Å². The van der Waals surface area contributed by atoms with Crippen molar-refractivity contribution in [1.29, 1.82) is 0 Å². The fourth-order valence-corrected chi connectivity index (χ4v) is 4.35. The number of aromatic nitrogens is 5. The molecule has 0 bridgehead atoms. The van der Waals surface area contributed by atoms with E-state index in [-0.39, 0.29) is 5.82 Å². The van der Waals surface area contributed by atoms with E-state index in [0.717, 1.165) is 24.9 Å². The van der Waals surface area contributed by atoms with Gasteiger partial charge < -0.3 is 25.5 Å². The smallest absolute Gasteiger partial charge is 0.216 e. The predicted molar refractivity (Wildman–Crippen MR) is 135 cm³/mol. The molecule has 5 rings (SSSR count). The number of benzene rings is 1. The van der Waals surface area contributed by atoms with Crippen molar-refractivity contribution >= 4 is 16.9 Å². The van der Waals surface area contributed by atoms with Crippen molar-refractivity contribution < 1.29 is 14.5 Å². The summed E-state index contributed by atoms with van der Waals surface area (Å²) in [6, 6.07) is 10.7. The number of rotatable bonds is 6. The number of imidazole rings is 1. The van der Waals surface area contributed by atoms with Gasteiger partial charge in [0.05, 0.1) is 12.1 Å². The molecule has 0 radical (unpaired) electrons. The Labute approximate surface area is 208 Å². The van der Waals surface area contributed by atoms with Crippen molar-refractivity contribution in [3.8, 4) is 29.2 Å². The summed E-state index contributed by atoms with van der Waals surface area (Å²) in [5.74, 6) is 6.88. The predicted octanol–water partition coefficient (Wildman–Crippen LogP) is 2.69. The first-order chi connectivity index (χ1) is 17.3. The number of pyridine rings is 1. The van der Waals surface area contributed by atoms with Crippen LogP contribution in [-0.4, -0.2) is 48.2 Å². The van der Waals surface area contributed by atoms with Gasteiger partial charge in [0, 0.05) is 25.2 Å². The molecule has 4 N–H and O–H groups in total. The number of hydrogen-bond donors (Lipinski definition) is 3. The number of anilines is 1. The Bertz CT molecular complexity index is 1460. The van der Waals surface area contributed by atoms with Crippen molar-refractivity contribution in [3.05, 3.63) is 47.2 Å². The van der Waals surface area contributed by atoms with Gasteiger partial charge in [-0.2, -0.15) is 0 Å². The van der Waals surface area contributed by atoms with Crippen LogP contribution in [0.2, 0.25) is 0 Å². The summed E-state index contributed by atoms with van der Waals surface area (Å²) in [4.78, 5) is 9.33. The second-order valence-corrected chi connectivity index (χ2v) is 9.35. The van der Waals surface area contributed by atoms with Crippen LogP contribution in [0.15, 0.2) is 35.0 Å². The summed E-state index contributed by atoms with van der Waals surface area (Å²) < 4.78 is 12.8. The van der Waals surface area contributed by atoms with Gasteiger partial charge in [0.2, 0.25) is 5.88 Å². The van der Waals surface area contributed by atoms with Crippen LogP contribution in [-0.2, 0) is 19.5 Å². The summed E-state index contributed by atoms with van der Waals surface area (Å²) >= 11 is 0. The molecule has 0 fully saturated rings. The lowest BCUT2D eigenvalue weighted by atomic mass is 9.94. The number of ether oxygens (including phenoxy) is 1. The quantitative estimate of drug-likeness (QED) is 0.351. The number of nitrogens with two attached hydrogens (primary N) is 1. The Morgan fingerprint density at radius 1 is 1.25 bits per heavy atom. The molecular formula is C26H29N7O3. The van der Waals surface area contributed by atoms with Crippen LogP contribution in [0, 0.1) is 11.8 Å². The second-order valence-electron chi connectivity index (χ2n) is 9.35. The van der Waals surface area contributed by atoms with Crippen molar-refractivity contribution in [3.63, 3.8) is 0 Å². The number of hydrogen-bond acceptors (Lipinski definition) is 9. The van der Waals surface area contributed by atoms with E-state index in [4.69, 9.17) is 20.1 Å². The summed E-state index contributed by atoms with van der Waals surface area (Å²) in [6.45, 7) is 7.16. The van der Waals surface area contributed by atoms with Gasteiger partial charge in [-0.15, -0.1) is 0 Å². The fraction of sp³-hybridized carbons (Fsp3) is 0.385. The number of nitrogens with zero attached hydrogens (tertiary/aromatic N) is 5. The highest BCUT2D eigenvalue weighted by molar-refractivity contribution is 5.86. The molecule has 1 aliphatic rings. The highest BCUT2D eigenvalue weighted by Crippen LogP contribution is 2.30. The first kappa shape index (κ1) is 23.8. The van der Waals surface area contributed by atoms with Gasteiger partial charge in [-0.3, -0.25) is 0 Å². The van der Waals surface area contributed by atoms with E-state index in [1.165, 1.54) is 11.1 Å². The molecule has 3 aromatic heterocycles. The summed E-state index contributed by atoms with van der Waals surface area (Å²) in [6.07, 6.45) is 1.80. The van der Waals surface area contributed by atoms with E-state index in [1.54, 1.807) is 13.8 Å². The third-order valence-corrected chi connectivity index (χ3v) is 6.12. The number of nitrogens with one attached hydrogen (secondary N) is 1. The van der Waals surface area contributed by atoms with E-state index < -0.39 is 5.60 Å². The molecule has 4 aromatic rings. The second kappa shape index (κ2) is 9.60. The normalized spacial score (nSPS) is 15.4. The maximum absolute atomic E-state index is 10.2. The zero-order valence-corrected chi connectivity index (χ0v) is 20.6. The third-order valence-electron chi connectivity index (χ3n) is 6.12. The number of fused-ring (bicyclic) bond motifs is 2. The Hall–Kier alpha value is -3.94. The lowest BCUT2D eigenvalue weighted by Crippen LogP contribution is -2.36. The molecule has 1 aromatic carbocycles. The molecule has 0 spiro atoms. The van der Waals surface area contributed by atoms with Crippen LogP contribution in [0.25, 0.3) is 22.6 Å². The van der Waals surface area contributed by atoms with Crippen molar-refractivity contribution in [2.24, 2.45) is 0 Å². The minimum Gasteiger partial charge on any atom is -0.478 e. The van der Waals surface area contributed by atoms with Gasteiger partial charge in [-0.1, -0.05) is 30.2 Å². The molecule has 186 valence electrons. The molecule has 1 atom stereocenters. The lowest BCUT2D eigenvalue weighted by molar-refractivity contribution is 0.143. The fourth-order valence-electron chi connectivity index (χ4n) is 4.35. The molecule has 0 saturated carbocycles. The van der Waals surface area contributed by atoms with E-state index in [1.807, 2.05) is 17.6 Å². The first-order valence-electron chi connectivity index (χ1n) is 12.0. The van der Waals surface area contributed by atoms with Crippen molar-refractivity contribution in [2.75, 3.05) is 12.3 Å². The molecule has 0 amide bonds. The largest absolute Gasteiger partial charge is 0.478 e. The summed E-state index contributed by atoms with van der Waals surface area (Å²) in [5, 5.41) is 21.3. The summed E-state index contributed by atoms with van der Waals surface area (Å²) in [7, 11) is 0. The Morgan fingerprint density at radius 2 is 2.06 bits per heavy atom. The Morgan fingerprint density at radius 3 is 2.78 bits per heavy atom. The molecule has 0 saturated heterocycles. The molecule has 0 unspecified atom stereocenters. The standard InChI is InChI=1S/C26H29N7O3/c1-4-33-20-14-21(35-12-10-18-13-16-7-5-6-8-17(16)15-28-18)29-19(9-11-26(2,3)34)22(20)30-25(33)23-24(27)32-36-31-23/h5-8,14,18,28,34H,4,10,12-13,15H2,1-3H3,(H2,27,32)/t18-/m0/s1. The number of aryl methyl sites for hydroxylation is 1. The SMILES string of the molecule is CCn1c(-c2nonc2N)nc2c(C#CC(C)(C)O)nc(OCC[C@H]3Cc4ccccc4CN3)cc21. The van der Waals surface area contributed by atoms with Crippen LogP contribution in [0.5, 0.6) is 5.88 Å². The van der Waals surface area contributed by atoms with E-state index >= 15 is 0 Å². The highest BCUT2D eigenvalue weighted by atomic mass is 16.6. The van der Waals surface area contributed by atoms with E-state index in [0.29, 0.717) is 47.8 Å². The lowest BCUT2D eigenvalue weighted by Gasteiger charge is -2.26. The Balaban J connectivity index is 1.44. The zero-order valence-electron chi connectivity index (χ0n) is 20.6. The minimum atomic E-state index is -1.19. The molecule has 10 heteroatoms. The first-order valence-corrected chi connectivity index (χ1v) is 12.0. The highest BCUT2D eigenvalue weighted by Gasteiger charge is 2.22. The topological polar surface area (TPSA) is 137 Å². The minimum absolute atomic E-state index is 0.148. The molecule has 10 nitrogen and oxygen atoms in total. The van der Waals surface area contributed by atoms with Gasteiger partial charge >= 0.3 is 0 Å². The van der Waals surface area contributed by atoms with Crippen LogP contribution in [0.1, 0.15) is 44.0 Å². The average molecular weight is 488 g/mol. The molecule has 4 heterocycles. The maximum atomic E-state index is 10.2. The maximum Gasteiger partial charge on any atom is 0.216 e. The molecule has 1 aliphatic heterocycles. The number of nitrogen functional groups attached to an aromatic ring is 1. The zero-order chi connectivity index (χ0) is 25.3. The van der Waals surface area contributed by atoms with Gasteiger partial charge in [-0.05, 0) is 61.0 Å². The number of aliphatic hydroxyl groups is 1. The van der Waals surface area contributed by atoms with Gasteiger partial charge in [0.25, 0.3) is 0 Å².